The van der Waals surface area contributed by atoms with Crippen molar-refractivity contribution in [3.8, 4) is 0 Å². The third kappa shape index (κ3) is 6.08. The molecule has 2 atom stereocenters. The first-order chi connectivity index (χ1) is 6.45. The highest BCUT2D eigenvalue weighted by atomic mass is 33.1. The van der Waals surface area contributed by atoms with Gasteiger partial charge in [0.25, 0.3) is 0 Å². The number of carboxylic acids is 2. The quantitative estimate of drug-likeness (QED) is 0.341. The summed E-state index contributed by atoms with van der Waals surface area (Å²) in [6.07, 6.45) is -2.93. The van der Waals surface area contributed by atoms with Gasteiger partial charge in [-0.2, -0.15) is 0 Å². The molecule has 0 spiro atoms. The van der Waals surface area contributed by atoms with Gasteiger partial charge in [0.15, 0.2) is 12.2 Å². The maximum Gasteiger partial charge on any atom is 0.333 e. The van der Waals surface area contributed by atoms with Crippen molar-refractivity contribution in [3.63, 3.8) is 0 Å². The van der Waals surface area contributed by atoms with Gasteiger partial charge in [-0.25, -0.2) is 9.59 Å². The molecule has 0 aliphatic carbocycles. The third-order valence-corrected chi connectivity index (χ3v) is 3.49. The largest absolute Gasteiger partial charge is 0.479 e. The van der Waals surface area contributed by atoms with Gasteiger partial charge in [-0.05, 0) is 0 Å². The summed E-state index contributed by atoms with van der Waals surface area (Å²) in [6, 6.07) is 0. The SMILES string of the molecule is O=C(O)C(O)CSSCC(O)C(=O)O. The highest BCUT2D eigenvalue weighted by Crippen LogP contribution is 2.22. The highest BCUT2D eigenvalue weighted by Gasteiger charge is 2.15. The second kappa shape index (κ2) is 6.93. The standard InChI is InChI=1S/C6H10O6S2/c7-3(5(9)10)1-13-14-2-4(8)6(11)12/h3-4,7-8H,1-2H2,(H,9,10)(H,11,12). The molecule has 0 amide bonds. The number of hydrogen-bond donors (Lipinski definition) is 4. The lowest BCUT2D eigenvalue weighted by atomic mass is 10.4. The van der Waals surface area contributed by atoms with Gasteiger partial charge in [-0.15, -0.1) is 0 Å². The second-order valence-corrected chi connectivity index (χ2v) is 4.83. The fraction of sp³-hybridized carbons (Fsp3) is 0.667. The Morgan fingerprint density at radius 1 is 0.929 bits per heavy atom. The zero-order valence-electron chi connectivity index (χ0n) is 6.99. The molecule has 0 radical (unpaired) electrons. The average Bonchev–Trinajstić information content (AvgIpc) is 2.11. The van der Waals surface area contributed by atoms with Crippen LogP contribution >= 0.6 is 21.6 Å². The summed E-state index contributed by atoms with van der Waals surface area (Å²) < 4.78 is 0. The molecule has 0 aromatic heterocycles. The Morgan fingerprint density at radius 3 is 1.43 bits per heavy atom. The van der Waals surface area contributed by atoms with E-state index in [1.807, 2.05) is 0 Å². The van der Waals surface area contributed by atoms with E-state index >= 15 is 0 Å². The summed E-state index contributed by atoms with van der Waals surface area (Å²) in [6.45, 7) is 0. The lowest BCUT2D eigenvalue weighted by Gasteiger charge is -2.05. The van der Waals surface area contributed by atoms with E-state index in [1.54, 1.807) is 0 Å². The number of aliphatic hydroxyl groups excluding tert-OH is 2. The third-order valence-electron chi connectivity index (χ3n) is 1.11. The number of carbonyl (C=O) groups is 2. The van der Waals surface area contributed by atoms with Gasteiger partial charge >= 0.3 is 11.9 Å². The van der Waals surface area contributed by atoms with E-state index < -0.39 is 24.1 Å². The van der Waals surface area contributed by atoms with Crippen LogP contribution < -0.4 is 0 Å². The Labute approximate surface area is 87.7 Å². The number of aliphatic hydroxyl groups is 2. The summed E-state index contributed by atoms with van der Waals surface area (Å²) in [5, 5.41) is 34.1. The van der Waals surface area contributed by atoms with Crippen molar-refractivity contribution in [2.24, 2.45) is 0 Å². The lowest BCUT2D eigenvalue weighted by Crippen LogP contribution is -2.23. The van der Waals surface area contributed by atoms with Crippen molar-refractivity contribution in [3.05, 3.63) is 0 Å². The maximum absolute atomic E-state index is 10.1. The number of carboxylic acid groups (broad SMARTS) is 2. The van der Waals surface area contributed by atoms with Gasteiger partial charge in [0.2, 0.25) is 0 Å². The first-order valence-corrected chi connectivity index (χ1v) is 6.00. The molecule has 0 aliphatic heterocycles. The van der Waals surface area contributed by atoms with Crippen LogP contribution in [0.25, 0.3) is 0 Å². The van der Waals surface area contributed by atoms with E-state index in [0.29, 0.717) is 0 Å². The summed E-state index contributed by atoms with van der Waals surface area (Å²) in [5.41, 5.74) is 0. The van der Waals surface area contributed by atoms with Crippen LogP contribution in [0, 0.1) is 0 Å². The molecule has 0 aromatic rings. The molecule has 0 aromatic carbocycles. The predicted molar refractivity (Wildman–Crippen MR) is 52.2 cm³/mol. The van der Waals surface area contributed by atoms with Gasteiger partial charge in [-0.1, -0.05) is 21.6 Å². The van der Waals surface area contributed by atoms with Crippen LogP contribution in [0.3, 0.4) is 0 Å². The molecule has 0 saturated heterocycles. The van der Waals surface area contributed by atoms with Crippen molar-refractivity contribution in [1.82, 2.24) is 0 Å². The van der Waals surface area contributed by atoms with E-state index in [4.69, 9.17) is 20.4 Å². The van der Waals surface area contributed by atoms with E-state index in [2.05, 4.69) is 0 Å². The van der Waals surface area contributed by atoms with Crippen molar-refractivity contribution < 1.29 is 30.0 Å². The Balaban J connectivity index is 3.47. The minimum Gasteiger partial charge on any atom is -0.479 e. The van der Waals surface area contributed by atoms with Crippen LogP contribution in [0.2, 0.25) is 0 Å². The maximum atomic E-state index is 10.1. The Morgan fingerprint density at radius 2 is 1.21 bits per heavy atom. The molecule has 0 fully saturated rings. The van der Waals surface area contributed by atoms with Crippen LogP contribution in [0.15, 0.2) is 0 Å². The fourth-order valence-electron chi connectivity index (χ4n) is 0.368. The first-order valence-electron chi connectivity index (χ1n) is 3.51. The van der Waals surface area contributed by atoms with E-state index in [9.17, 15) is 9.59 Å². The molecular weight excluding hydrogens is 232 g/mol. The van der Waals surface area contributed by atoms with Gasteiger partial charge in [0, 0.05) is 11.5 Å². The molecule has 0 heterocycles. The Kier molecular flexibility index (Phi) is 6.71. The molecule has 0 aliphatic rings. The summed E-state index contributed by atoms with van der Waals surface area (Å²) in [4.78, 5) is 20.2. The van der Waals surface area contributed by atoms with Crippen LogP contribution in [0.5, 0.6) is 0 Å². The predicted octanol–water partition coefficient (Wildman–Crippen LogP) is -0.741. The number of hydrogen-bond acceptors (Lipinski definition) is 6. The number of aliphatic carboxylic acids is 2. The molecule has 82 valence electrons. The van der Waals surface area contributed by atoms with Gasteiger partial charge in [0.1, 0.15) is 0 Å². The normalized spacial score (nSPS) is 14.7. The number of rotatable bonds is 7. The second-order valence-electron chi connectivity index (χ2n) is 2.28. The van der Waals surface area contributed by atoms with Gasteiger partial charge < -0.3 is 20.4 Å². The fourth-order valence-corrected chi connectivity index (χ4v) is 2.45. The monoisotopic (exact) mass is 242 g/mol. The topological polar surface area (TPSA) is 115 Å². The van der Waals surface area contributed by atoms with E-state index in [-0.39, 0.29) is 11.5 Å². The molecule has 0 bridgehead atoms. The molecule has 4 N–H and O–H groups in total. The first kappa shape index (κ1) is 13.6. The molecule has 6 nitrogen and oxygen atoms in total. The van der Waals surface area contributed by atoms with Crippen LogP contribution in [-0.4, -0.2) is 56.1 Å². The lowest BCUT2D eigenvalue weighted by molar-refractivity contribution is -0.146. The highest BCUT2D eigenvalue weighted by molar-refractivity contribution is 8.76. The van der Waals surface area contributed by atoms with Crippen LogP contribution in [0.4, 0.5) is 0 Å². The van der Waals surface area contributed by atoms with E-state index in [0.717, 1.165) is 21.6 Å². The van der Waals surface area contributed by atoms with Crippen molar-refractivity contribution in [2.75, 3.05) is 11.5 Å². The Hall–Kier alpha value is -0.440. The molecule has 14 heavy (non-hydrogen) atoms. The van der Waals surface area contributed by atoms with Crippen molar-refractivity contribution >= 4 is 33.5 Å². The van der Waals surface area contributed by atoms with Gasteiger partial charge in [0.05, 0.1) is 0 Å². The molecule has 8 heteroatoms. The van der Waals surface area contributed by atoms with Crippen LogP contribution in [0.1, 0.15) is 0 Å². The summed E-state index contributed by atoms with van der Waals surface area (Å²) in [5.74, 6) is -2.74. The zero-order valence-corrected chi connectivity index (χ0v) is 8.62. The van der Waals surface area contributed by atoms with Gasteiger partial charge in [-0.3, -0.25) is 0 Å². The summed E-state index contributed by atoms with van der Waals surface area (Å²) in [7, 11) is 2.00. The Bertz CT molecular complexity index is 186. The smallest absolute Gasteiger partial charge is 0.333 e. The zero-order chi connectivity index (χ0) is 11.1. The average molecular weight is 242 g/mol. The van der Waals surface area contributed by atoms with Crippen molar-refractivity contribution in [2.45, 2.75) is 12.2 Å². The van der Waals surface area contributed by atoms with Crippen molar-refractivity contribution in [1.29, 1.82) is 0 Å². The molecule has 0 saturated carbocycles. The molecule has 2 unspecified atom stereocenters. The molecular formula is C6H10O6S2. The van der Waals surface area contributed by atoms with E-state index in [1.165, 1.54) is 0 Å². The van der Waals surface area contributed by atoms with Crippen LogP contribution in [-0.2, 0) is 9.59 Å². The summed E-state index contributed by atoms with van der Waals surface area (Å²) >= 11 is 0. The minimum absolute atomic E-state index is 0.0493. The minimum atomic E-state index is -1.46. The molecule has 0 rings (SSSR count).